The largest absolute Gasteiger partial charge is 0.466 e. The molecule has 0 amide bonds. The van der Waals surface area contributed by atoms with E-state index in [2.05, 4.69) is 31.6 Å². The molecule has 0 spiro atoms. The zero-order valence-corrected chi connectivity index (χ0v) is 9.76. The Bertz CT molecular complexity index is 242. The highest BCUT2D eigenvalue weighted by Crippen LogP contribution is 2.15. The molecule has 14 heavy (non-hydrogen) atoms. The maximum Gasteiger partial charge on any atom is 0.333 e. The van der Waals surface area contributed by atoms with Crippen LogP contribution in [-0.4, -0.2) is 13.1 Å². The maximum atomic E-state index is 11.2. The fourth-order valence-electron chi connectivity index (χ4n) is 0.914. The van der Waals surface area contributed by atoms with Crippen molar-refractivity contribution >= 4 is 5.97 Å². The molecule has 0 N–H and O–H groups in total. The van der Waals surface area contributed by atoms with E-state index < -0.39 is 0 Å². The van der Waals surface area contributed by atoms with Gasteiger partial charge in [0.15, 0.2) is 0 Å². The summed E-state index contributed by atoms with van der Waals surface area (Å²) in [5.41, 5.74) is 0.846. The van der Waals surface area contributed by atoms with Crippen LogP contribution in [0.25, 0.3) is 0 Å². The van der Waals surface area contributed by atoms with Crippen LogP contribution in [0.15, 0.2) is 23.8 Å². The molecule has 0 atom stereocenters. The van der Waals surface area contributed by atoms with Crippen molar-refractivity contribution in [2.75, 3.05) is 7.11 Å². The summed E-state index contributed by atoms with van der Waals surface area (Å²) in [6, 6.07) is 0. The Balaban J connectivity index is 4.48. The number of hydrogen-bond acceptors (Lipinski definition) is 2. The Labute approximate surface area is 86.6 Å². The third kappa shape index (κ3) is 5.57. The van der Waals surface area contributed by atoms with E-state index in [1.54, 1.807) is 0 Å². The van der Waals surface area contributed by atoms with Gasteiger partial charge in [0.25, 0.3) is 0 Å². The first-order valence-corrected chi connectivity index (χ1v) is 4.87. The molecule has 80 valence electrons. The van der Waals surface area contributed by atoms with Gasteiger partial charge in [-0.1, -0.05) is 45.9 Å². The van der Waals surface area contributed by atoms with Gasteiger partial charge in [-0.2, -0.15) is 0 Å². The molecule has 0 fully saturated rings. The van der Waals surface area contributed by atoms with Crippen molar-refractivity contribution in [2.24, 2.45) is 5.41 Å². The topological polar surface area (TPSA) is 26.3 Å². The molecule has 0 aliphatic heterocycles. The SMILES string of the molecule is CC/C(=C\C=C/C(C)(C)C)C(=O)OC. The van der Waals surface area contributed by atoms with E-state index in [-0.39, 0.29) is 11.4 Å². The minimum Gasteiger partial charge on any atom is -0.466 e. The summed E-state index contributed by atoms with van der Waals surface area (Å²) in [7, 11) is 1.40. The molecule has 0 heterocycles. The number of rotatable bonds is 3. The molecule has 0 saturated carbocycles. The van der Waals surface area contributed by atoms with Crippen LogP contribution in [0.2, 0.25) is 0 Å². The van der Waals surface area contributed by atoms with E-state index in [0.717, 1.165) is 0 Å². The first-order chi connectivity index (χ1) is 6.40. The summed E-state index contributed by atoms with van der Waals surface area (Å²) in [4.78, 5) is 11.2. The molecule has 0 aromatic rings. The molecular weight excluding hydrogens is 176 g/mol. The molecular formula is C12H20O2. The van der Waals surface area contributed by atoms with E-state index in [1.807, 2.05) is 19.1 Å². The lowest BCUT2D eigenvalue weighted by atomic mass is 9.96. The predicted octanol–water partition coefficient (Wildman–Crippen LogP) is 3.10. The van der Waals surface area contributed by atoms with E-state index in [0.29, 0.717) is 12.0 Å². The molecule has 0 aliphatic rings. The summed E-state index contributed by atoms with van der Waals surface area (Å²) in [5.74, 6) is -0.244. The molecule has 0 unspecified atom stereocenters. The van der Waals surface area contributed by atoms with Crippen molar-refractivity contribution in [2.45, 2.75) is 34.1 Å². The molecule has 0 rings (SSSR count). The van der Waals surface area contributed by atoms with Crippen LogP contribution in [0.1, 0.15) is 34.1 Å². The van der Waals surface area contributed by atoms with E-state index in [4.69, 9.17) is 0 Å². The normalized spacial score (nSPS) is 13.4. The lowest BCUT2D eigenvalue weighted by Crippen LogP contribution is -2.03. The van der Waals surface area contributed by atoms with Gasteiger partial charge in [-0.05, 0) is 11.8 Å². The predicted molar refractivity (Wildman–Crippen MR) is 59.0 cm³/mol. The zero-order valence-electron chi connectivity index (χ0n) is 9.76. The van der Waals surface area contributed by atoms with E-state index >= 15 is 0 Å². The van der Waals surface area contributed by atoms with Crippen molar-refractivity contribution in [1.29, 1.82) is 0 Å². The van der Waals surface area contributed by atoms with E-state index in [9.17, 15) is 4.79 Å². The highest BCUT2D eigenvalue weighted by atomic mass is 16.5. The third-order valence-electron chi connectivity index (χ3n) is 1.72. The van der Waals surface area contributed by atoms with Crippen LogP contribution >= 0.6 is 0 Å². The zero-order chi connectivity index (χ0) is 11.2. The molecule has 0 saturated heterocycles. The Morgan fingerprint density at radius 1 is 1.36 bits per heavy atom. The average molecular weight is 196 g/mol. The fourth-order valence-corrected chi connectivity index (χ4v) is 0.914. The molecule has 0 aromatic carbocycles. The van der Waals surface area contributed by atoms with Crippen LogP contribution in [0, 0.1) is 5.41 Å². The minimum atomic E-state index is -0.244. The monoisotopic (exact) mass is 196 g/mol. The Kier molecular flexibility index (Phi) is 5.21. The van der Waals surface area contributed by atoms with Crippen LogP contribution in [0.3, 0.4) is 0 Å². The Morgan fingerprint density at radius 3 is 2.29 bits per heavy atom. The summed E-state index contributed by atoms with van der Waals surface area (Å²) >= 11 is 0. The number of ether oxygens (including phenoxy) is 1. The van der Waals surface area contributed by atoms with Gasteiger partial charge >= 0.3 is 5.97 Å². The number of allylic oxidation sites excluding steroid dienone is 3. The molecule has 0 aliphatic carbocycles. The molecule has 0 bridgehead atoms. The van der Waals surface area contributed by atoms with E-state index in [1.165, 1.54) is 7.11 Å². The van der Waals surface area contributed by atoms with Crippen LogP contribution < -0.4 is 0 Å². The minimum absolute atomic E-state index is 0.144. The smallest absolute Gasteiger partial charge is 0.333 e. The van der Waals surface area contributed by atoms with Crippen molar-refractivity contribution in [3.8, 4) is 0 Å². The molecule has 0 radical (unpaired) electrons. The van der Waals surface area contributed by atoms with Gasteiger partial charge in [-0.3, -0.25) is 0 Å². The van der Waals surface area contributed by atoms with Crippen molar-refractivity contribution in [3.63, 3.8) is 0 Å². The van der Waals surface area contributed by atoms with Gasteiger partial charge in [0.2, 0.25) is 0 Å². The van der Waals surface area contributed by atoms with Crippen molar-refractivity contribution < 1.29 is 9.53 Å². The van der Waals surface area contributed by atoms with Crippen LogP contribution in [0.4, 0.5) is 0 Å². The highest BCUT2D eigenvalue weighted by Gasteiger charge is 2.06. The highest BCUT2D eigenvalue weighted by molar-refractivity contribution is 5.88. The van der Waals surface area contributed by atoms with Crippen molar-refractivity contribution in [1.82, 2.24) is 0 Å². The number of hydrogen-bond donors (Lipinski definition) is 0. The summed E-state index contributed by atoms with van der Waals surface area (Å²) < 4.78 is 4.64. The van der Waals surface area contributed by atoms with Crippen molar-refractivity contribution in [3.05, 3.63) is 23.8 Å². The second-order valence-electron chi connectivity index (χ2n) is 4.26. The van der Waals surface area contributed by atoms with Gasteiger partial charge in [0, 0.05) is 5.57 Å². The molecule has 2 heteroatoms. The quantitative estimate of drug-likeness (QED) is 0.394. The van der Waals surface area contributed by atoms with Gasteiger partial charge in [-0.25, -0.2) is 4.79 Å². The second kappa shape index (κ2) is 5.63. The summed E-state index contributed by atoms with van der Waals surface area (Å²) in [5, 5.41) is 0. The van der Waals surface area contributed by atoms with Gasteiger partial charge in [0.1, 0.15) is 0 Å². The maximum absolute atomic E-state index is 11.2. The van der Waals surface area contributed by atoms with Crippen LogP contribution in [0.5, 0.6) is 0 Å². The molecule has 0 aromatic heterocycles. The average Bonchev–Trinajstić information content (AvgIpc) is 2.09. The summed E-state index contributed by atoms with van der Waals surface area (Å²) in [6.07, 6.45) is 6.49. The second-order valence-corrected chi connectivity index (χ2v) is 4.26. The first-order valence-electron chi connectivity index (χ1n) is 4.87. The first kappa shape index (κ1) is 12.9. The van der Waals surface area contributed by atoms with Crippen LogP contribution in [-0.2, 0) is 9.53 Å². The Hall–Kier alpha value is -1.05. The molecule has 2 nitrogen and oxygen atoms in total. The fraction of sp³-hybridized carbons (Fsp3) is 0.583. The lowest BCUT2D eigenvalue weighted by Gasteiger charge is -2.10. The standard InChI is InChI=1S/C12H20O2/c1-6-10(11(13)14-5)8-7-9-12(2,3)4/h7-9H,6H2,1-5H3/b9-7-,10-8+. The number of methoxy groups -OCH3 is 1. The van der Waals surface area contributed by atoms with Gasteiger partial charge in [-0.15, -0.1) is 0 Å². The number of carbonyl (C=O) groups excluding carboxylic acids is 1. The third-order valence-corrected chi connectivity index (χ3v) is 1.72. The Morgan fingerprint density at radius 2 is 1.93 bits per heavy atom. The summed E-state index contributed by atoms with van der Waals surface area (Å²) in [6.45, 7) is 8.27. The number of carbonyl (C=O) groups is 1. The number of esters is 1. The van der Waals surface area contributed by atoms with Gasteiger partial charge < -0.3 is 4.74 Å². The van der Waals surface area contributed by atoms with Gasteiger partial charge in [0.05, 0.1) is 7.11 Å². The lowest BCUT2D eigenvalue weighted by molar-refractivity contribution is -0.136.